The highest BCUT2D eigenvalue weighted by atomic mass is 32.2. The summed E-state index contributed by atoms with van der Waals surface area (Å²) in [4.78, 5) is 19.8. The third-order valence-electron chi connectivity index (χ3n) is 6.41. The molecule has 0 unspecified atom stereocenters. The molecule has 11 nitrogen and oxygen atoms in total. The minimum absolute atomic E-state index is 0.122. The number of benzene rings is 2. The number of morpholine rings is 1. The minimum Gasteiger partial charge on any atom is -0.492 e. The van der Waals surface area contributed by atoms with Crippen LogP contribution in [0.15, 0.2) is 42.7 Å². The number of nitrogens with two attached hydrogens (primary N) is 1. The molecular formula is C27H29F2N7O4S. The molecule has 2 aromatic heterocycles. The van der Waals surface area contributed by atoms with Gasteiger partial charge in [0.25, 0.3) is 0 Å². The van der Waals surface area contributed by atoms with Gasteiger partial charge in [0, 0.05) is 36.4 Å². The molecule has 216 valence electrons. The zero-order valence-electron chi connectivity index (χ0n) is 22.3. The standard InChI is InChI=1S/C27H29F2N7O4S/c1-2-40-22-14-17(19-5-3-6-21(23(19)29)35-41(37,38)12-4-7-28)13-20-24(22)33-25(18-15-31-27(30)32-16-18)34-26(20)36-8-10-39-11-9-36/h3,5-6,13-16,35H,2,4,7-12H2,1H3,(H2,30,31,32). The Labute approximate surface area is 235 Å². The number of hydrogen-bond donors (Lipinski definition) is 2. The van der Waals surface area contributed by atoms with Crippen molar-refractivity contribution >= 4 is 38.4 Å². The number of anilines is 3. The highest BCUT2D eigenvalue weighted by molar-refractivity contribution is 7.92. The van der Waals surface area contributed by atoms with Crippen molar-refractivity contribution in [3.8, 4) is 28.3 Å². The molecular weight excluding hydrogens is 556 g/mol. The topological polar surface area (TPSA) is 145 Å². The molecule has 0 spiro atoms. The van der Waals surface area contributed by atoms with E-state index in [2.05, 4.69) is 19.6 Å². The zero-order valence-corrected chi connectivity index (χ0v) is 23.1. The van der Waals surface area contributed by atoms with E-state index in [1.54, 1.807) is 24.3 Å². The molecule has 1 aliphatic heterocycles. The predicted molar refractivity (Wildman–Crippen MR) is 153 cm³/mol. The lowest BCUT2D eigenvalue weighted by molar-refractivity contribution is 0.122. The molecule has 0 amide bonds. The van der Waals surface area contributed by atoms with Crippen LogP contribution in [0.1, 0.15) is 13.3 Å². The number of nitrogens with one attached hydrogen (secondary N) is 1. The van der Waals surface area contributed by atoms with E-state index in [-0.39, 0.29) is 23.6 Å². The summed E-state index contributed by atoms with van der Waals surface area (Å²) in [6.07, 6.45) is 2.89. The van der Waals surface area contributed by atoms with Crippen molar-refractivity contribution in [2.24, 2.45) is 0 Å². The van der Waals surface area contributed by atoms with Crippen LogP contribution < -0.4 is 20.1 Å². The van der Waals surface area contributed by atoms with E-state index in [1.165, 1.54) is 18.5 Å². The number of nitrogens with zero attached hydrogens (tertiary/aromatic N) is 5. The number of sulfonamides is 1. The summed E-state index contributed by atoms with van der Waals surface area (Å²) in [6, 6.07) is 7.82. The second-order valence-electron chi connectivity index (χ2n) is 9.23. The van der Waals surface area contributed by atoms with Crippen molar-refractivity contribution in [1.82, 2.24) is 19.9 Å². The largest absolute Gasteiger partial charge is 0.492 e. The van der Waals surface area contributed by atoms with Crippen LogP contribution in [0.2, 0.25) is 0 Å². The van der Waals surface area contributed by atoms with E-state index in [0.29, 0.717) is 72.3 Å². The molecule has 1 saturated heterocycles. The summed E-state index contributed by atoms with van der Waals surface area (Å²) in [5.41, 5.74) is 7.07. The summed E-state index contributed by atoms with van der Waals surface area (Å²) < 4.78 is 66.8. The predicted octanol–water partition coefficient (Wildman–Crippen LogP) is 3.81. The fourth-order valence-corrected chi connectivity index (χ4v) is 5.59. The van der Waals surface area contributed by atoms with Crippen LogP contribution >= 0.6 is 0 Å². The summed E-state index contributed by atoms with van der Waals surface area (Å²) in [5.74, 6) is 0.237. The Balaban J connectivity index is 1.68. The Morgan fingerprint density at radius 2 is 1.88 bits per heavy atom. The zero-order chi connectivity index (χ0) is 29.0. The van der Waals surface area contributed by atoms with Crippen LogP contribution in [0.3, 0.4) is 0 Å². The van der Waals surface area contributed by atoms with E-state index >= 15 is 4.39 Å². The molecule has 0 aliphatic carbocycles. The number of aromatic nitrogens is 4. The fourth-order valence-electron chi connectivity index (χ4n) is 4.50. The Morgan fingerprint density at radius 1 is 1.12 bits per heavy atom. The maximum absolute atomic E-state index is 15.8. The van der Waals surface area contributed by atoms with Gasteiger partial charge in [-0.15, -0.1) is 0 Å². The average molecular weight is 586 g/mol. The molecule has 5 rings (SSSR count). The quantitative estimate of drug-likeness (QED) is 0.282. The first kappa shape index (κ1) is 28.4. The van der Waals surface area contributed by atoms with Crippen molar-refractivity contribution < 1.29 is 26.7 Å². The van der Waals surface area contributed by atoms with Gasteiger partial charge < -0.3 is 20.1 Å². The highest BCUT2D eigenvalue weighted by Crippen LogP contribution is 2.39. The Hall–Kier alpha value is -4.17. The van der Waals surface area contributed by atoms with Crippen molar-refractivity contribution in [2.45, 2.75) is 13.3 Å². The van der Waals surface area contributed by atoms with Crippen molar-refractivity contribution in [2.75, 3.05) is 60.7 Å². The van der Waals surface area contributed by atoms with Crippen molar-refractivity contribution in [3.05, 3.63) is 48.5 Å². The van der Waals surface area contributed by atoms with E-state index in [4.69, 9.17) is 25.2 Å². The first-order valence-electron chi connectivity index (χ1n) is 13.0. The molecule has 1 fully saturated rings. The van der Waals surface area contributed by atoms with Gasteiger partial charge >= 0.3 is 0 Å². The van der Waals surface area contributed by atoms with Crippen molar-refractivity contribution in [3.63, 3.8) is 0 Å². The number of fused-ring (bicyclic) bond motifs is 1. The lowest BCUT2D eigenvalue weighted by atomic mass is 10.0. The Morgan fingerprint density at radius 3 is 2.59 bits per heavy atom. The molecule has 0 atom stereocenters. The summed E-state index contributed by atoms with van der Waals surface area (Å²) in [7, 11) is -3.94. The first-order valence-corrected chi connectivity index (χ1v) is 14.7. The molecule has 3 N–H and O–H groups in total. The number of hydrogen-bond acceptors (Lipinski definition) is 10. The van der Waals surface area contributed by atoms with Gasteiger partial charge in [-0.1, -0.05) is 12.1 Å². The molecule has 0 radical (unpaired) electrons. The van der Waals surface area contributed by atoms with Crippen LogP contribution in [0.4, 0.5) is 26.2 Å². The third kappa shape index (κ3) is 6.28. The molecule has 1 aliphatic rings. The van der Waals surface area contributed by atoms with Gasteiger partial charge in [0.2, 0.25) is 16.0 Å². The molecule has 4 aromatic rings. The highest BCUT2D eigenvalue weighted by Gasteiger charge is 2.23. The molecule has 0 saturated carbocycles. The number of alkyl halides is 1. The molecule has 3 heterocycles. The van der Waals surface area contributed by atoms with Gasteiger partial charge in [-0.3, -0.25) is 9.11 Å². The smallest absolute Gasteiger partial charge is 0.232 e. The Kier molecular flexibility index (Phi) is 8.40. The third-order valence-corrected chi connectivity index (χ3v) is 7.76. The normalized spacial score (nSPS) is 13.9. The van der Waals surface area contributed by atoms with Crippen LogP contribution in [0, 0.1) is 5.82 Å². The molecule has 41 heavy (non-hydrogen) atoms. The fraction of sp³-hybridized carbons (Fsp3) is 0.333. The van der Waals surface area contributed by atoms with Crippen LogP contribution in [0.5, 0.6) is 5.75 Å². The van der Waals surface area contributed by atoms with Gasteiger partial charge in [-0.25, -0.2) is 32.7 Å². The van der Waals surface area contributed by atoms with Crippen LogP contribution in [0.25, 0.3) is 33.4 Å². The summed E-state index contributed by atoms with van der Waals surface area (Å²) in [5, 5.41) is 0.612. The first-order chi connectivity index (χ1) is 19.8. The maximum Gasteiger partial charge on any atom is 0.232 e. The van der Waals surface area contributed by atoms with Crippen LogP contribution in [-0.2, 0) is 14.8 Å². The second kappa shape index (κ2) is 12.1. The van der Waals surface area contributed by atoms with E-state index in [9.17, 15) is 12.8 Å². The lowest BCUT2D eigenvalue weighted by Crippen LogP contribution is -2.37. The van der Waals surface area contributed by atoms with Crippen molar-refractivity contribution in [1.29, 1.82) is 0 Å². The van der Waals surface area contributed by atoms with Gasteiger partial charge in [0.1, 0.15) is 17.1 Å². The molecule has 14 heteroatoms. The van der Waals surface area contributed by atoms with E-state index in [1.807, 2.05) is 6.92 Å². The summed E-state index contributed by atoms with van der Waals surface area (Å²) >= 11 is 0. The summed E-state index contributed by atoms with van der Waals surface area (Å²) in [6.45, 7) is 3.50. The lowest BCUT2D eigenvalue weighted by Gasteiger charge is -2.29. The van der Waals surface area contributed by atoms with E-state index < -0.39 is 28.3 Å². The van der Waals surface area contributed by atoms with Gasteiger partial charge in [0.15, 0.2) is 11.6 Å². The van der Waals surface area contributed by atoms with Crippen LogP contribution in [-0.4, -0.2) is 73.7 Å². The minimum atomic E-state index is -3.94. The SMILES string of the molecule is CCOc1cc(-c2cccc(NS(=O)(=O)CCCF)c2F)cc2c(N3CCOCC3)nc(-c3cnc(N)nc3)nc12. The molecule has 0 bridgehead atoms. The average Bonchev–Trinajstić information content (AvgIpc) is 2.97. The van der Waals surface area contributed by atoms with Gasteiger partial charge in [-0.05, 0) is 37.1 Å². The monoisotopic (exact) mass is 585 g/mol. The van der Waals surface area contributed by atoms with Gasteiger partial charge in [-0.2, -0.15) is 0 Å². The number of nitrogen functional groups attached to an aromatic ring is 1. The number of ether oxygens (including phenoxy) is 2. The maximum atomic E-state index is 15.8. The van der Waals surface area contributed by atoms with E-state index in [0.717, 1.165) is 0 Å². The number of rotatable bonds is 10. The number of halogens is 2. The van der Waals surface area contributed by atoms with Gasteiger partial charge in [0.05, 0.1) is 43.5 Å². The Bertz CT molecular complexity index is 1650. The molecule has 2 aromatic carbocycles. The second-order valence-corrected chi connectivity index (χ2v) is 11.1.